The molecule has 1 fully saturated rings. The number of likely N-dealkylation sites (tertiary alicyclic amines) is 1. The quantitative estimate of drug-likeness (QED) is 0.863. The van der Waals surface area contributed by atoms with E-state index in [0.717, 1.165) is 11.3 Å². The third-order valence-corrected chi connectivity index (χ3v) is 4.62. The maximum atomic E-state index is 12.3. The van der Waals surface area contributed by atoms with Crippen LogP contribution < -0.4 is 10.1 Å². The Kier molecular flexibility index (Phi) is 5.94. The van der Waals surface area contributed by atoms with Gasteiger partial charge in [-0.1, -0.05) is 17.7 Å². The molecule has 1 aliphatic heterocycles. The highest BCUT2D eigenvalue weighted by Gasteiger charge is 2.27. The van der Waals surface area contributed by atoms with Crippen molar-refractivity contribution in [2.24, 2.45) is 5.92 Å². The molecule has 6 heteroatoms. The topological polar surface area (TPSA) is 71.8 Å². The van der Waals surface area contributed by atoms with Gasteiger partial charge in [0.05, 0.1) is 12.8 Å². The smallest absolute Gasteiger partial charge is 0.260 e. The van der Waals surface area contributed by atoms with Gasteiger partial charge in [0.1, 0.15) is 11.5 Å². The number of amides is 2. The molecule has 1 saturated heterocycles. The van der Waals surface area contributed by atoms with Gasteiger partial charge >= 0.3 is 0 Å². The largest absolute Gasteiger partial charge is 0.484 e. The van der Waals surface area contributed by atoms with Crippen LogP contribution in [0.4, 0.5) is 0 Å². The lowest BCUT2D eigenvalue weighted by molar-refractivity contribution is -0.137. The van der Waals surface area contributed by atoms with E-state index in [-0.39, 0.29) is 24.3 Å². The highest BCUT2D eigenvalue weighted by molar-refractivity contribution is 5.80. The summed E-state index contributed by atoms with van der Waals surface area (Å²) in [6, 6.07) is 11.2. The Balaban J connectivity index is 1.39. The van der Waals surface area contributed by atoms with Crippen molar-refractivity contribution in [1.29, 1.82) is 0 Å². The van der Waals surface area contributed by atoms with Crippen molar-refractivity contribution in [2.45, 2.75) is 26.3 Å². The summed E-state index contributed by atoms with van der Waals surface area (Å²) < 4.78 is 10.8. The Morgan fingerprint density at radius 1 is 1.19 bits per heavy atom. The average Bonchev–Trinajstić information content (AvgIpc) is 3.19. The van der Waals surface area contributed by atoms with E-state index in [1.54, 1.807) is 17.2 Å². The van der Waals surface area contributed by atoms with Crippen LogP contribution in [0.15, 0.2) is 47.1 Å². The lowest BCUT2D eigenvalue weighted by Gasteiger charge is -2.31. The maximum absolute atomic E-state index is 12.3. The number of rotatable bonds is 6. The van der Waals surface area contributed by atoms with Crippen LogP contribution in [0, 0.1) is 12.8 Å². The van der Waals surface area contributed by atoms with E-state index < -0.39 is 0 Å². The van der Waals surface area contributed by atoms with Gasteiger partial charge in [-0.05, 0) is 44.0 Å². The molecule has 138 valence electrons. The van der Waals surface area contributed by atoms with E-state index in [4.69, 9.17) is 9.15 Å². The predicted octanol–water partition coefficient (Wildman–Crippen LogP) is 2.52. The minimum atomic E-state index is -0.0629. The zero-order valence-corrected chi connectivity index (χ0v) is 14.9. The number of furan rings is 1. The van der Waals surface area contributed by atoms with E-state index >= 15 is 0 Å². The van der Waals surface area contributed by atoms with Gasteiger partial charge in [0.2, 0.25) is 5.91 Å². The second kappa shape index (κ2) is 8.56. The van der Waals surface area contributed by atoms with Gasteiger partial charge in [0.15, 0.2) is 6.61 Å². The Morgan fingerprint density at radius 2 is 1.92 bits per heavy atom. The third kappa shape index (κ3) is 4.88. The highest BCUT2D eigenvalue weighted by atomic mass is 16.5. The summed E-state index contributed by atoms with van der Waals surface area (Å²) in [6.45, 7) is 3.58. The minimum absolute atomic E-state index is 0.0180. The van der Waals surface area contributed by atoms with Gasteiger partial charge in [-0.2, -0.15) is 0 Å². The summed E-state index contributed by atoms with van der Waals surface area (Å²) in [5.74, 6) is 1.34. The normalized spacial score (nSPS) is 14.9. The van der Waals surface area contributed by atoms with Gasteiger partial charge in [0, 0.05) is 19.0 Å². The molecular weight excluding hydrogens is 332 g/mol. The molecule has 2 aromatic rings. The van der Waals surface area contributed by atoms with Crippen molar-refractivity contribution in [2.75, 3.05) is 19.7 Å². The van der Waals surface area contributed by atoms with Crippen molar-refractivity contribution in [3.05, 3.63) is 54.0 Å². The summed E-state index contributed by atoms with van der Waals surface area (Å²) in [4.78, 5) is 26.3. The number of nitrogens with zero attached hydrogens (tertiary/aromatic N) is 1. The number of benzene rings is 1. The number of piperidine rings is 1. The standard InChI is InChI=1S/C20H24N2O4/c1-15-4-6-17(7-5-15)26-14-19(23)22-10-8-16(9-11-22)20(24)21-13-18-3-2-12-25-18/h2-7,12,16H,8-11,13-14H2,1H3,(H,21,24). The second-order valence-corrected chi connectivity index (χ2v) is 6.55. The van der Waals surface area contributed by atoms with Crippen LogP contribution in [0.1, 0.15) is 24.2 Å². The molecule has 0 atom stereocenters. The molecule has 1 aromatic heterocycles. The van der Waals surface area contributed by atoms with Crippen LogP contribution in [0.2, 0.25) is 0 Å². The van der Waals surface area contributed by atoms with Crippen LogP contribution in [-0.4, -0.2) is 36.4 Å². The van der Waals surface area contributed by atoms with E-state index in [2.05, 4.69) is 5.32 Å². The number of carbonyl (C=O) groups is 2. The third-order valence-electron chi connectivity index (χ3n) is 4.62. The first-order valence-electron chi connectivity index (χ1n) is 8.89. The fraction of sp³-hybridized carbons (Fsp3) is 0.400. The van der Waals surface area contributed by atoms with Crippen molar-refractivity contribution in [1.82, 2.24) is 10.2 Å². The highest BCUT2D eigenvalue weighted by Crippen LogP contribution is 2.18. The summed E-state index contributed by atoms with van der Waals surface area (Å²) in [5.41, 5.74) is 1.15. The Morgan fingerprint density at radius 3 is 2.58 bits per heavy atom. The molecule has 0 saturated carbocycles. The molecule has 2 heterocycles. The van der Waals surface area contributed by atoms with Crippen LogP contribution in [-0.2, 0) is 16.1 Å². The number of ether oxygens (including phenoxy) is 1. The first kappa shape index (κ1) is 18.0. The predicted molar refractivity (Wildman–Crippen MR) is 96.5 cm³/mol. The van der Waals surface area contributed by atoms with Crippen molar-refractivity contribution in [3.8, 4) is 5.75 Å². The molecule has 0 spiro atoms. The zero-order chi connectivity index (χ0) is 18.4. The average molecular weight is 356 g/mol. The number of carbonyl (C=O) groups excluding carboxylic acids is 2. The lowest BCUT2D eigenvalue weighted by atomic mass is 9.96. The molecule has 26 heavy (non-hydrogen) atoms. The van der Waals surface area contributed by atoms with Crippen LogP contribution in [0.3, 0.4) is 0 Å². The minimum Gasteiger partial charge on any atom is -0.484 e. The molecule has 0 bridgehead atoms. The van der Waals surface area contributed by atoms with Crippen molar-refractivity contribution in [3.63, 3.8) is 0 Å². The van der Waals surface area contributed by atoms with Gasteiger partial charge in [-0.3, -0.25) is 9.59 Å². The summed E-state index contributed by atoms with van der Waals surface area (Å²) in [6.07, 6.45) is 2.92. The second-order valence-electron chi connectivity index (χ2n) is 6.55. The molecule has 6 nitrogen and oxygen atoms in total. The van der Waals surface area contributed by atoms with Crippen LogP contribution in [0.25, 0.3) is 0 Å². The van der Waals surface area contributed by atoms with Gasteiger partial charge in [-0.25, -0.2) is 0 Å². The number of aryl methyl sites for hydroxylation is 1. The molecular formula is C20H24N2O4. The van der Waals surface area contributed by atoms with Gasteiger partial charge in [-0.15, -0.1) is 0 Å². The van der Waals surface area contributed by atoms with Gasteiger partial charge < -0.3 is 19.4 Å². The first-order valence-corrected chi connectivity index (χ1v) is 8.89. The Labute approximate surface area is 153 Å². The first-order chi connectivity index (χ1) is 12.6. The lowest BCUT2D eigenvalue weighted by Crippen LogP contribution is -2.44. The molecule has 1 aliphatic rings. The van der Waals surface area contributed by atoms with Gasteiger partial charge in [0.25, 0.3) is 5.91 Å². The van der Waals surface area contributed by atoms with Crippen molar-refractivity contribution >= 4 is 11.8 Å². The van der Waals surface area contributed by atoms with Crippen molar-refractivity contribution < 1.29 is 18.7 Å². The maximum Gasteiger partial charge on any atom is 0.260 e. The molecule has 0 radical (unpaired) electrons. The molecule has 2 amide bonds. The number of hydrogen-bond donors (Lipinski definition) is 1. The Hall–Kier alpha value is -2.76. The number of hydrogen-bond acceptors (Lipinski definition) is 4. The molecule has 1 aromatic carbocycles. The van der Waals surface area contributed by atoms with E-state index in [1.165, 1.54) is 0 Å². The van der Waals surface area contributed by atoms with E-state index in [9.17, 15) is 9.59 Å². The number of nitrogens with one attached hydrogen (secondary N) is 1. The summed E-state index contributed by atoms with van der Waals surface area (Å²) in [5, 5.41) is 2.89. The van der Waals surface area contributed by atoms with E-state index in [1.807, 2.05) is 37.3 Å². The van der Waals surface area contributed by atoms with Crippen LogP contribution >= 0.6 is 0 Å². The Bertz CT molecular complexity index is 717. The van der Waals surface area contributed by atoms with E-state index in [0.29, 0.717) is 38.2 Å². The van der Waals surface area contributed by atoms with Crippen LogP contribution in [0.5, 0.6) is 5.75 Å². The monoisotopic (exact) mass is 356 g/mol. The zero-order valence-electron chi connectivity index (χ0n) is 14.9. The molecule has 0 aliphatic carbocycles. The fourth-order valence-electron chi connectivity index (χ4n) is 2.99. The molecule has 0 unspecified atom stereocenters. The molecule has 1 N–H and O–H groups in total. The SMILES string of the molecule is Cc1ccc(OCC(=O)N2CCC(C(=O)NCc3ccco3)CC2)cc1. The summed E-state index contributed by atoms with van der Waals surface area (Å²) in [7, 11) is 0. The summed E-state index contributed by atoms with van der Waals surface area (Å²) >= 11 is 0. The fourth-order valence-corrected chi connectivity index (χ4v) is 2.99. The molecule has 3 rings (SSSR count).